The minimum Gasteiger partial charge on any atom is -0.454 e. The topological polar surface area (TPSA) is 85.0 Å². The van der Waals surface area contributed by atoms with E-state index in [0.717, 1.165) is 22.8 Å². The summed E-state index contributed by atoms with van der Waals surface area (Å²) in [6, 6.07) is 13.0. The Morgan fingerprint density at radius 1 is 1.14 bits per heavy atom. The zero-order chi connectivity index (χ0) is 20.3. The number of esters is 1. The largest absolute Gasteiger partial charge is 0.454 e. The minimum atomic E-state index is -1.02. The van der Waals surface area contributed by atoms with Crippen LogP contribution in [0.2, 0.25) is 0 Å². The fourth-order valence-corrected chi connectivity index (χ4v) is 3.76. The first kappa shape index (κ1) is 19.5. The molecule has 3 rings (SSSR count). The lowest BCUT2D eigenvalue weighted by Gasteiger charge is -2.10. The van der Waals surface area contributed by atoms with Crippen LogP contribution in [0, 0.1) is 32.1 Å². The average Bonchev–Trinajstić information content (AvgIpc) is 3.25. The van der Waals surface area contributed by atoms with E-state index in [1.165, 1.54) is 11.3 Å². The van der Waals surface area contributed by atoms with Crippen LogP contribution in [-0.2, 0) is 9.53 Å². The second-order valence-electron chi connectivity index (χ2n) is 6.43. The van der Waals surface area contributed by atoms with Gasteiger partial charge in [0.15, 0.2) is 18.3 Å². The molecule has 0 spiro atoms. The van der Waals surface area contributed by atoms with E-state index in [0.29, 0.717) is 10.6 Å². The van der Waals surface area contributed by atoms with Crippen molar-refractivity contribution in [3.05, 3.63) is 69.4 Å². The van der Waals surface area contributed by atoms with Gasteiger partial charge in [0.25, 0.3) is 0 Å². The van der Waals surface area contributed by atoms with Crippen molar-refractivity contribution in [2.45, 2.75) is 26.7 Å². The standard InChI is InChI=1S/C21H19N3O3S/c1-13-12-28-20(23-13)18(10-22)19(25)11-27-21(26)16-6-8-17(9-7-16)24-14(2)4-5-15(24)3/h4-9,12,18H,11H2,1-3H3/t18-/m1/s1. The molecule has 6 nitrogen and oxygen atoms in total. The summed E-state index contributed by atoms with van der Waals surface area (Å²) in [5, 5.41) is 11.5. The van der Waals surface area contributed by atoms with Gasteiger partial charge in [0, 0.05) is 28.1 Å². The molecule has 142 valence electrons. The Labute approximate surface area is 167 Å². The fraction of sp³-hybridized carbons (Fsp3) is 0.238. The highest BCUT2D eigenvalue weighted by atomic mass is 32.1. The number of carbonyl (C=O) groups excluding carboxylic acids is 2. The molecule has 1 aromatic carbocycles. The van der Waals surface area contributed by atoms with Gasteiger partial charge in [-0.1, -0.05) is 0 Å². The highest BCUT2D eigenvalue weighted by Crippen LogP contribution is 2.21. The number of hydrogen-bond donors (Lipinski definition) is 0. The van der Waals surface area contributed by atoms with E-state index in [-0.39, 0.29) is 0 Å². The van der Waals surface area contributed by atoms with Crippen LogP contribution in [0.25, 0.3) is 5.69 Å². The van der Waals surface area contributed by atoms with Crippen LogP contribution >= 0.6 is 11.3 Å². The van der Waals surface area contributed by atoms with Gasteiger partial charge in [-0.3, -0.25) is 4.79 Å². The molecule has 0 aliphatic rings. The Morgan fingerprint density at radius 3 is 2.32 bits per heavy atom. The number of rotatable bonds is 6. The molecule has 0 bridgehead atoms. The van der Waals surface area contributed by atoms with Crippen LogP contribution in [-0.4, -0.2) is 27.9 Å². The molecule has 0 radical (unpaired) electrons. The first-order chi connectivity index (χ1) is 13.4. The van der Waals surface area contributed by atoms with Crippen molar-refractivity contribution in [1.29, 1.82) is 5.26 Å². The van der Waals surface area contributed by atoms with Crippen molar-refractivity contribution in [2.24, 2.45) is 0 Å². The van der Waals surface area contributed by atoms with Crippen LogP contribution in [0.4, 0.5) is 0 Å². The van der Waals surface area contributed by atoms with Gasteiger partial charge in [-0.25, -0.2) is 9.78 Å². The zero-order valence-electron chi connectivity index (χ0n) is 15.8. The second kappa shape index (κ2) is 8.19. The molecule has 1 atom stereocenters. The predicted octanol–water partition coefficient (Wildman–Crippen LogP) is 3.89. The summed E-state index contributed by atoms with van der Waals surface area (Å²) in [6.07, 6.45) is 0. The van der Waals surface area contributed by atoms with Crippen LogP contribution in [0.5, 0.6) is 0 Å². The number of Topliss-reactive ketones (excluding diaryl/α,β-unsaturated/α-hetero) is 1. The third-order valence-electron chi connectivity index (χ3n) is 4.31. The number of aromatic nitrogens is 2. The number of thiazole rings is 1. The van der Waals surface area contributed by atoms with E-state index < -0.39 is 24.3 Å². The lowest BCUT2D eigenvalue weighted by molar-refractivity contribution is -0.122. The van der Waals surface area contributed by atoms with Gasteiger partial charge >= 0.3 is 5.97 Å². The van der Waals surface area contributed by atoms with Crippen molar-refractivity contribution in [3.8, 4) is 11.8 Å². The minimum absolute atomic E-state index is 0.345. The van der Waals surface area contributed by atoms with E-state index in [4.69, 9.17) is 4.74 Å². The number of nitrogens with zero attached hydrogens (tertiary/aromatic N) is 3. The van der Waals surface area contributed by atoms with Crippen molar-refractivity contribution in [1.82, 2.24) is 9.55 Å². The summed E-state index contributed by atoms with van der Waals surface area (Å²) in [5.41, 5.74) is 4.23. The summed E-state index contributed by atoms with van der Waals surface area (Å²) in [6.45, 7) is 5.35. The van der Waals surface area contributed by atoms with Crippen molar-refractivity contribution >= 4 is 23.1 Å². The average molecular weight is 393 g/mol. The normalized spacial score (nSPS) is 11.6. The number of hydrogen-bond acceptors (Lipinski definition) is 6. The first-order valence-corrected chi connectivity index (χ1v) is 9.55. The van der Waals surface area contributed by atoms with Gasteiger partial charge in [-0.15, -0.1) is 11.3 Å². The molecule has 0 aliphatic heterocycles. The molecule has 0 aliphatic carbocycles. The Bertz CT molecular complexity index is 1040. The maximum Gasteiger partial charge on any atom is 0.338 e. The van der Waals surface area contributed by atoms with Crippen LogP contribution in [0.1, 0.15) is 38.4 Å². The molecule has 28 heavy (non-hydrogen) atoms. The third-order valence-corrected chi connectivity index (χ3v) is 5.34. The lowest BCUT2D eigenvalue weighted by Crippen LogP contribution is -2.20. The smallest absolute Gasteiger partial charge is 0.338 e. The SMILES string of the molecule is Cc1csc([C@H](C#N)C(=O)COC(=O)c2ccc(-n3c(C)ccc3C)cc2)n1. The van der Waals surface area contributed by atoms with E-state index in [2.05, 4.69) is 9.55 Å². The number of benzene rings is 1. The molecule has 7 heteroatoms. The van der Waals surface area contributed by atoms with E-state index >= 15 is 0 Å². The summed E-state index contributed by atoms with van der Waals surface area (Å²) < 4.78 is 7.19. The molecule has 0 fully saturated rings. The Hall–Kier alpha value is -3.24. The molecule has 0 N–H and O–H groups in total. The molecule has 2 heterocycles. The summed E-state index contributed by atoms with van der Waals surface area (Å²) in [4.78, 5) is 28.7. The Kier molecular flexibility index (Phi) is 5.71. The van der Waals surface area contributed by atoms with Crippen molar-refractivity contribution < 1.29 is 14.3 Å². The number of ether oxygens (including phenoxy) is 1. The molecular weight excluding hydrogens is 374 g/mol. The maximum absolute atomic E-state index is 12.3. The summed E-state index contributed by atoms with van der Waals surface area (Å²) in [5.74, 6) is -2.11. The maximum atomic E-state index is 12.3. The van der Waals surface area contributed by atoms with Gasteiger partial charge in [0.1, 0.15) is 5.01 Å². The van der Waals surface area contributed by atoms with Gasteiger partial charge in [0.05, 0.1) is 11.6 Å². The van der Waals surface area contributed by atoms with Crippen LogP contribution in [0.15, 0.2) is 41.8 Å². The third kappa shape index (κ3) is 4.02. The van der Waals surface area contributed by atoms with Crippen LogP contribution < -0.4 is 0 Å². The van der Waals surface area contributed by atoms with E-state index in [1.807, 2.05) is 44.2 Å². The highest BCUT2D eigenvalue weighted by molar-refractivity contribution is 7.09. The summed E-state index contributed by atoms with van der Waals surface area (Å²) in [7, 11) is 0. The summed E-state index contributed by atoms with van der Waals surface area (Å²) >= 11 is 1.25. The molecular formula is C21H19N3O3S. The van der Waals surface area contributed by atoms with Crippen molar-refractivity contribution in [3.63, 3.8) is 0 Å². The van der Waals surface area contributed by atoms with Gasteiger partial charge in [-0.05, 0) is 57.2 Å². The van der Waals surface area contributed by atoms with Crippen LogP contribution in [0.3, 0.4) is 0 Å². The van der Waals surface area contributed by atoms with Gasteiger partial charge < -0.3 is 9.30 Å². The number of carbonyl (C=O) groups is 2. The fourth-order valence-electron chi connectivity index (χ4n) is 2.90. The van der Waals surface area contributed by atoms with Gasteiger partial charge in [0.2, 0.25) is 0 Å². The van der Waals surface area contributed by atoms with E-state index in [9.17, 15) is 14.9 Å². The second-order valence-corrected chi connectivity index (χ2v) is 7.32. The van der Waals surface area contributed by atoms with Crippen molar-refractivity contribution in [2.75, 3.05) is 6.61 Å². The number of aryl methyl sites for hydroxylation is 3. The quantitative estimate of drug-likeness (QED) is 0.593. The molecule has 0 unspecified atom stereocenters. The zero-order valence-corrected chi connectivity index (χ0v) is 16.6. The lowest BCUT2D eigenvalue weighted by atomic mass is 10.1. The van der Waals surface area contributed by atoms with E-state index in [1.54, 1.807) is 24.4 Å². The number of ketones is 1. The first-order valence-electron chi connectivity index (χ1n) is 8.67. The number of nitriles is 1. The highest BCUT2D eigenvalue weighted by Gasteiger charge is 2.24. The Balaban J connectivity index is 1.65. The molecule has 0 saturated carbocycles. The monoisotopic (exact) mass is 393 g/mol. The van der Waals surface area contributed by atoms with Gasteiger partial charge in [-0.2, -0.15) is 5.26 Å². The molecule has 0 amide bonds. The molecule has 0 saturated heterocycles. The molecule has 3 aromatic rings. The predicted molar refractivity (Wildman–Crippen MR) is 106 cm³/mol. The Morgan fingerprint density at radius 2 is 1.79 bits per heavy atom. The molecule has 2 aromatic heterocycles.